The van der Waals surface area contributed by atoms with E-state index in [9.17, 15) is 9.59 Å². The molecule has 2 amide bonds. The first-order chi connectivity index (χ1) is 13.9. The van der Waals surface area contributed by atoms with Crippen molar-refractivity contribution in [2.45, 2.75) is 26.8 Å². The Balaban J connectivity index is 1.80. The number of amides is 2. The summed E-state index contributed by atoms with van der Waals surface area (Å²) >= 11 is 0. The van der Waals surface area contributed by atoms with Crippen LogP contribution in [0, 0.1) is 13.8 Å². The fourth-order valence-electron chi connectivity index (χ4n) is 2.87. The van der Waals surface area contributed by atoms with E-state index >= 15 is 0 Å². The number of carbonyl (C=O) groups excluding carboxylic acids is 2. The minimum Gasteiger partial charge on any atom is -0.465 e. The van der Waals surface area contributed by atoms with Crippen LogP contribution in [0.3, 0.4) is 0 Å². The first-order valence-electron chi connectivity index (χ1n) is 9.43. The van der Waals surface area contributed by atoms with Crippen molar-refractivity contribution in [2.75, 3.05) is 0 Å². The van der Waals surface area contributed by atoms with Gasteiger partial charge in [-0.25, -0.2) is 0 Å². The number of furan rings is 1. The van der Waals surface area contributed by atoms with E-state index in [1.54, 1.807) is 30.3 Å². The summed E-state index contributed by atoms with van der Waals surface area (Å²) in [5, 5.41) is 5.65. The van der Waals surface area contributed by atoms with Gasteiger partial charge in [-0.1, -0.05) is 47.5 Å². The molecule has 148 valence electrons. The average molecular weight is 388 g/mol. The first-order valence-corrected chi connectivity index (χ1v) is 9.43. The molecule has 0 fully saturated rings. The van der Waals surface area contributed by atoms with Crippen molar-refractivity contribution in [3.05, 3.63) is 101 Å². The molecule has 0 aliphatic rings. The molecular weight excluding hydrogens is 364 g/mol. The van der Waals surface area contributed by atoms with Gasteiger partial charge in [-0.2, -0.15) is 0 Å². The van der Waals surface area contributed by atoms with Crippen molar-refractivity contribution in [3.8, 4) is 0 Å². The molecule has 5 heteroatoms. The quantitative estimate of drug-likeness (QED) is 0.609. The number of hydrogen-bond donors (Lipinski definition) is 2. The summed E-state index contributed by atoms with van der Waals surface area (Å²) in [5.74, 6) is -0.275. The highest BCUT2D eigenvalue weighted by molar-refractivity contribution is 6.05. The molecule has 2 aromatic carbocycles. The number of rotatable bonds is 6. The monoisotopic (exact) mass is 388 g/mol. The Bertz CT molecular complexity index is 1020. The maximum absolute atomic E-state index is 12.9. The van der Waals surface area contributed by atoms with Gasteiger partial charge in [-0.05, 0) is 50.6 Å². The molecule has 1 aromatic heterocycles. The van der Waals surface area contributed by atoms with Crippen molar-refractivity contribution >= 4 is 17.9 Å². The summed E-state index contributed by atoms with van der Waals surface area (Å²) < 4.78 is 5.32. The molecule has 3 rings (SSSR count). The Morgan fingerprint density at radius 2 is 1.72 bits per heavy atom. The topological polar surface area (TPSA) is 71.3 Å². The minimum absolute atomic E-state index is 0.116. The molecule has 5 nitrogen and oxygen atoms in total. The molecule has 3 aromatic rings. The van der Waals surface area contributed by atoms with Gasteiger partial charge in [-0.3, -0.25) is 9.59 Å². The number of hydrogen-bond acceptors (Lipinski definition) is 3. The van der Waals surface area contributed by atoms with Crippen molar-refractivity contribution in [3.63, 3.8) is 0 Å². The van der Waals surface area contributed by atoms with Crippen molar-refractivity contribution in [1.82, 2.24) is 10.6 Å². The highest BCUT2D eigenvalue weighted by atomic mass is 16.3. The summed E-state index contributed by atoms with van der Waals surface area (Å²) in [7, 11) is 0. The summed E-state index contributed by atoms with van der Waals surface area (Å²) in [4.78, 5) is 25.6. The highest BCUT2D eigenvalue weighted by Gasteiger charge is 2.18. The molecule has 29 heavy (non-hydrogen) atoms. The standard InChI is InChI=1S/C24H24N2O3/c1-16-9-11-19(12-10-16)18(3)25-24(28)22(15-21-8-5-13-29-21)26-23(27)20-7-4-6-17(2)14-20/h4-15,18H,1-3H3,(H,25,28)(H,26,27)/b22-15-. The zero-order valence-corrected chi connectivity index (χ0v) is 16.7. The zero-order chi connectivity index (χ0) is 20.8. The number of benzene rings is 2. The zero-order valence-electron chi connectivity index (χ0n) is 16.7. The Labute approximate surface area is 170 Å². The van der Waals surface area contributed by atoms with E-state index < -0.39 is 5.91 Å². The largest absolute Gasteiger partial charge is 0.465 e. The summed E-state index contributed by atoms with van der Waals surface area (Å²) in [6.45, 7) is 5.82. The maximum Gasteiger partial charge on any atom is 0.268 e. The molecule has 2 N–H and O–H groups in total. The van der Waals surface area contributed by atoms with Crippen LogP contribution in [-0.2, 0) is 4.79 Å². The fraction of sp³-hybridized carbons (Fsp3) is 0.167. The third kappa shape index (κ3) is 5.45. The molecule has 1 atom stereocenters. The summed E-state index contributed by atoms with van der Waals surface area (Å²) in [6, 6.07) is 18.4. The van der Waals surface area contributed by atoms with Gasteiger partial charge in [0.05, 0.1) is 12.3 Å². The second kappa shape index (κ2) is 9.06. The van der Waals surface area contributed by atoms with Crippen molar-refractivity contribution < 1.29 is 14.0 Å². The van der Waals surface area contributed by atoms with E-state index in [-0.39, 0.29) is 17.6 Å². The lowest BCUT2D eigenvalue weighted by molar-refractivity contribution is -0.118. The lowest BCUT2D eigenvalue weighted by Crippen LogP contribution is -2.36. The lowest BCUT2D eigenvalue weighted by atomic mass is 10.1. The Kier molecular flexibility index (Phi) is 6.29. The van der Waals surface area contributed by atoms with Crippen LogP contribution in [0.5, 0.6) is 0 Å². The fourth-order valence-corrected chi connectivity index (χ4v) is 2.87. The molecule has 0 aliphatic heterocycles. The van der Waals surface area contributed by atoms with Gasteiger partial charge in [-0.15, -0.1) is 0 Å². The van der Waals surface area contributed by atoms with Gasteiger partial charge < -0.3 is 15.1 Å². The minimum atomic E-state index is -0.393. The van der Waals surface area contributed by atoms with Gasteiger partial charge in [0, 0.05) is 11.6 Å². The second-order valence-electron chi connectivity index (χ2n) is 7.00. The van der Waals surface area contributed by atoms with Gasteiger partial charge in [0.25, 0.3) is 11.8 Å². The Hall–Kier alpha value is -3.60. The van der Waals surface area contributed by atoms with E-state index in [1.165, 1.54) is 12.3 Å². The molecule has 0 saturated carbocycles. The molecule has 0 spiro atoms. The molecule has 0 aliphatic carbocycles. The van der Waals surface area contributed by atoms with Gasteiger partial charge in [0.15, 0.2) is 0 Å². The van der Waals surface area contributed by atoms with Crippen LogP contribution < -0.4 is 10.6 Å². The Morgan fingerprint density at radius 3 is 2.38 bits per heavy atom. The van der Waals surface area contributed by atoms with Gasteiger partial charge in [0.1, 0.15) is 11.5 Å². The van der Waals surface area contributed by atoms with Crippen molar-refractivity contribution in [1.29, 1.82) is 0 Å². The van der Waals surface area contributed by atoms with Crippen LogP contribution in [0.1, 0.15) is 45.8 Å². The van der Waals surface area contributed by atoms with Crippen LogP contribution in [0.15, 0.2) is 77.0 Å². The summed E-state index contributed by atoms with van der Waals surface area (Å²) in [6.07, 6.45) is 3.03. The molecule has 0 saturated heterocycles. The van der Waals surface area contributed by atoms with Crippen LogP contribution in [0.4, 0.5) is 0 Å². The van der Waals surface area contributed by atoms with E-state index in [1.807, 2.05) is 51.1 Å². The first kappa shape index (κ1) is 20.1. The average Bonchev–Trinajstić information content (AvgIpc) is 3.21. The van der Waals surface area contributed by atoms with Crippen LogP contribution in [0.25, 0.3) is 6.08 Å². The van der Waals surface area contributed by atoms with E-state index in [2.05, 4.69) is 10.6 Å². The summed E-state index contributed by atoms with van der Waals surface area (Å²) in [5.41, 5.74) is 3.69. The van der Waals surface area contributed by atoms with Crippen molar-refractivity contribution in [2.24, 2.45) is 0 Å². The number of carbonyl (C=O) groups is 2. The predicted octanol–water partition coefficient (Wildman–Crippen LogP) is 4.54. The normalized spacial score (nSPS) is 12.3. The lowest BCUT2D eigenvalue weighted by Gasteiger charge is -2.17. The SMILES string of the molecule is Cc1ccc(C(C)NC(=O)/C(=C/c2ccco2)NC(=O)c2cccc(C)c2)cc1. The van der Waals surface area contributed by atoms with E-state index in [0.29, 0.717) is 11.3 Å². The van der Waals surface area contributed by atoms with Crippen LogP contribution in [0.2, 0.25) is 0 Å². The number of nitrogens with one attached hydrogen (secondary N) is 2. The molecule has 1 heterocycles. The molecule has 0 radical (unpaired) electrons. The molecule has 1 unspecified atom stereocenters. The maximum atomic E-state index is 12.9. The predicted molar refractivity (Wildman–Crippen MR) is 113 cm³/mol. The van der Waals surface area contributed by atoms with Crippen LogP contribution in [-0.4, -0.2) is 11.8 Å². The molecular formula is C24H24N2O3. The smallest absolute Gasteiger partial charge is 0.268 e. The Morgan fingerprint density at radius 1 is 0.966 bits per heavy atom. The van der Waals surface area contributed by atoms with E-state index in [4.69, 9.17) is 4.42 Å². The third-order valence-corrected chi connectivity index (χ3v) is 4.53. The third-order valence-electron chi connectivity index (χ3n) is 4.53. The number of aryl methyl sites for hydroxylation is 2. The second-order valence-corrected chi connectivity index (χ2v) is 7.00. The van der Waals surface area contributed by atoms with Gasteiger partial charge >= 0.3 is 0 Å². The highest BCUT2D eigenvalue weighted by Crippen LogP contribution is 2.15. The van der Waals surface area contributed by atoms with Crippen LogP contribution >= 0.6 is 0 Å². The van der Waals surface area contributed by atoms with E-state index in [0.717, 1.165) is 16.7 Å². The van der Waals surface area contributed by atoms with Gasteiger partial charge in [0.2, 0.25) is 0 Å². The molecule has 0 bridgehead atoms.